The van der Waals surface area contributed by atoms with Gasteiger partial charge in [0, 0.05) is 5.02 Å². The third-order valence-electron chi connectivity index (χ3n) is 5.63. The van der Waals surface area contributed by atoms with E-state index in [4.69, 9.17) is 21.1 Å². The van der Waals surface area contributed by atoms with E-state index in [0.29, 0.717) is 35.4 Å². The molecule has 0 aromatic heterocycles. The van der Waals surface area contributed by atoms with Crippen LogP contribution in [0.5, 0.6) is 11.5 Å². The molecule has 10 heteroatoms. The first-order valence-corrected chi connectivity index (χ1v) is 14.3. The van der Waals surface area contributed by atoms with Crippen molar-refractivity contribution in [3.63, 3.8) is 0 Å². The van der Waals surface area contributed by atoms with Crippen molar-refractivity contribution in [2.75, 3.05) is 17.5 Å². The molecule has 0 radical (unpaired) electrons. The van der Waals surface area contributed by atoms with Crippen molar-refractivity contribution in [1.82, 2.24) is 5.43 Å². The number of ether oxygens (including phenoxy) is 2. The molecule has 0 atom stereocenters. The summed E-state index contributed by atoms with van der Waals surface area (Å²) in [4.78, 5) is 12.8. The lowest BCUT2D eigenvalue weighted by molar-refractivity contribution is -0.119. The topological polar surface area (TPSA) is 97.3 Å². The van der Waals surface area contributed by atoms with Gasteiger partial charge in [0.25, 0.3) is 15.9 Å². The molecule has 4 aromatic carbocycles. The van der Waals surface area contributed by atoms with Crippen LogP contribution in [-0.2, 0) is 21.4 Å². The van der Waals surface area contributed by atoms with Gasteiger partial charge < -0.3 is 9.47 Å². The van der Waals surface area contributed by atoms with Gasteiger partial charge in [-0.2, -0.15) is 5.10 Å². The number of benzene rings is 4. The average molecular weight is 578 g/mol. The van der Waals surface area contributed by atoms with Gasteiger partial charge in [0.2, 0.25) is 0 Å². The number of amides is 1. The summed E-state index contributed by atoms with van der Waals surface area (Å²) in [5, 5.41) is 4.64. The zero-order valence-corrected chi connectivity index (χ0v) is 23.3. The van der Waals surface area contributed by atoms with Gasteiger partial charge in [0.1, 0.15) is 24.7 Å². The minimum atomic E-state index is -4.03. The molecule has 4 aromatic rings. The van der Waals surface area contributed by atoms with Crippen molar-refractivity contribution in [2.45, 2.75) is 18.4 Å². The fourth-order valence-corrected chi connectivity index (χ4v) is 5.35. The summed E-state index contributed by atoms with van der Waals surface area (Å²) in [5.41, 5.74) is 4.40. The highest BCUT2D eigenvalue weighted by molar-refractivity contribution is 7.92. The summed E-state index contributed by atoms with van der Waals surface area (Å²) in [7, 11) is -4.03. The minimum Gasteiger partial charge on any atom is -0.494 e. The molecule has 0 aliphatic rings. The Morgan fingerprint density at radius 1 is 0.900 bits per heavy atom. The Labute approximate surface area is 238 Å². The van der Waals surface area contributed by atoms with Gasteiger partial charge in [-0.25, -0.2) is 13.8 Å². The standard InChI is InChI=1S/C30H28ClN3O5S/c1-2-38-27-17-13-26(14-18-27)34(40(36,37)29-9-4-3-5-10-29)21-30(35)33-32-20-23-11-15-28(16-12-23)39-22-24-7-6-8-25(31)19-24/h3-20H,2,21-22H2,1H3,(H,33,35)/b32-20-. The fourth-order valence-electron chi connectivity index (χ4n) is 3.70. The van der Waals surface area contributed by atoms with Gasteiger partial charge in [-0.15, -0.1) is 0 Å². The maximum atomic E-state index is 13.4. The van der Waals surface area contributed by atoms with Crippen LogP contribution in [0.3, 0.4) is 0 Å². The van der Waals surface area contributed by atoms with Crippen molar-refractivity contribution in [3.8, 4) is 11.5 Å². The highest BCUT2D eigenvalue weighted by Gasteiger charge is 2.27. The summed E-state index contributed by atoms with van der Waals surface area (Å²) in [6, 6.07) is 29.0. The number of halogens is 1. The molecule has 0 unspecified atom stereocenters. The Balaban J connectivity index is 1.40. The molecule has 0 saturated heterocycles. The number of anilines is 1. The molecule has 8 nitrogen and oxygen atoms in total. The van der Waals surface area contributed by atoms with Crippen LogP contribution < -0.4 is 19.2 Å². The van der Waals surface area contributed by atoms with Crippen LogP contribution in [0.1, 0.15) is 18.1 Å². The average Bonchev–Trinajstić information content (AvgIpc) is 2.97. The van der Waals surface area contributed by atoms with E-state index >= 15 is 0 Å². The van der Waals surface area contributed by atoms with Crippen LogP contribution in [0.4, 0.5) is 5.69 Å². The minimum absolute atomic E-state index is 0.0675. The normalized spacial score (nSPS) is 11.2. The predicted octanol–water partition coefficient (Wildman–Crippen LogP) is 5.66. The molecule has 0 aliphatic carbocycles. The van der Waals surface area contributed by atoms with Crippen LogP contribution in [0.25, 0.3) is 0 Å². The van der Waals surface area contributed by atoms with Crippen LogP contribution in [-0.4, -0.2) is 33.7 Å². The van der Waals surface area contributed by atoms with Crippen molar-refractivity contribution in [2.24, 2.45) is 5.10 Å². The molecule has 0 heterocycles. The second-order valence-corrected chi connectivity index (χ2v) is 10.8. The van der Waals surface area contributed by atoms with E-state index in [1.807, 2.05) is 25.1 Å². The molecule has 0 aliphatic heterocycles. The van der Waals surface area contributed by atoms with Gasteiger partial charge in [0.05, 0.1) is 23.4 Å². The fraction of sp³-hybridized carbons (Fsp3) is 0.133. The van der Waals surface area contributed by atoms with E-state index < -0.39 is 22.5 Å². The molecule has 0 spiro atoms. The first kappa shape index (κ1) is 28.7. The lowest BCUT2D eigenvalue weighted by atomic mass is 10.2. The van der Waals surface area contributed by atoms with Crippen molar-refractivity contribution in [3.05, 3.63) is 119 Å². The smallest absolute Gasteiger partial charge is 0.264 e. The number of hydrogen-bond donors (Lipinski definition) is 1. The Morgan fingerprint density at radius 2 is 1.57 bits per heavy atom. The molecular weight excluding hydrogens is 550 g/mol. The molecule has 0 saturated carbocycles. The third kappa shape index (κ3) is 7.84. The van der Waals surface area contributed by atoms with Gasteiger partial charge in [0.15, 0.2) is 0 Å². The molecular formula is C30H28ClN3O5S. The summed E-state index contributed by atoms with van der Waals surface area (Å²) >= 11 is 6.01. The number of nitrogens with zero attached hydrogens (tertiary/aromatic N) is 2. The number of nitrogens with one attached hydrogen (secondary N) is 1. The van der Waals surface area contributed by atoms with E-state index in [1.165, 1.54) is 18.3 Å². The molecule has 0 bridgehead atoms. The Kier molecular flexibility index (Phi) is 9.77. The zero-order valence-electron chi connectivity index (χ0n) is 21.7. The maximum Gasteiger partial charge on any atom is 0.264 e. The monoisotopic (exact) mass is 577 g/mol. The molecule has 0 fully saturated rings. The summed E-state index contributed by atoms with van der Waals surface area (Å²) in [5.74, 6) is 0.655. The molecule has 4 rings (SSSR count). The lowest BCUT2D eigenvalue weighted by Crippen LogP contribution is -2.39. The largest absolute Gasteiger partial charge is 0.494 e. The number of hydrazone groups is 1. The maximum absolute atomic E-state index is 13.4. The number of carbonyl (C=O) groups excluding carboxylic acids is 1. The zero-order chi connectivity index (χ0) is 28.4. The highest BCUT2D eigenvalue weighted by atomic mass is 35.5. The quantitative estimate of drug-likeness (QED) is 0.173. The molecule has 1 amide bonds. The number of hydrogen-bond acceptors (Lipinski definition) is 6. The van der Waals surface area contributed by atoms with Gasteiger partial charge >= 0.3 is 0 Å². The van der Waals surface area contributed by atoms with Gasteiger partial charge in [-0.1, -0.05) is 41.9 Å². The van der Waals surface area contributed by atoms with Crippen molar-refractivity contribution in [1.29, 1.82) is 0 Å². The van der Waals surface area contributed by atoms with Gasteiger partial charge in [-0.05, 0) is 90.8 Å². The summed E-state index contributed by atoms with van der Waals surface area (Å²) in [6.07, 6.45) is 1.46. The SMILES string of the molecule is CCOc1ccc(N(CC(=O)N/N=C\c2ccc(OCc3cccc(Cl)c3)cc2)S(=O)(=O)c2ccccc2)cc1. The van der Waals surface area contributed by atoms with Crippen molar-refractivity contribution < 1.29 is 22.7 Å². The van der Waals surface area contributed by atoms with E-state index in [1.54, 1.807) is 72.8 Å². The van der Waals surface area contributed by atoms with Crippen LogP contribution in [0.2, 0.25) is 5.02 Å². The third-order valence-corrected chi connectivity index (χ3v) is 7.65. The van der Waals surface area contributed by atoms with Crippen LogP contribution in [0.15, 0.2) is 113 Å². The summed E-state index contributed by atoms with van der Waals surface area (Å²) < 4.78 is 39.1. The number of carbonyl (C=O) groups is 1. The Morgan fingerprint density at radius 3 is 2.25 bits per heavy atom. The van der Waals surface area contributed by atoms with Crippen LogP contribution in [0, 0.1) is 0 Å². The first-order chi connectivity index (χ1) is 19.3. The second-order valence-electron chi connectivity index (χ2n) is 8.53. The van der Waals surface area contributed by atoms with E-state index in [0.717, 1.165) is 15.4 Å². The first-order valence-electron chi connectivity index (χ1n) is 12.4. The van der Waals surface area contributed by atoms with E-state index in [2.05, 4.69) is 10.5 Å². The predicted molar refractivity (Wildman–Crippen MR) is 157 cm³/mol. The Bertz CT molecular complexity index is 1540. The highest BCUT2D eigenvalue weighted by Crippen LogP contribution is 2.26. The van der Waals surface area contributed by atoms with E-state index in [-0.39, 0.29) is 4.90 Å². The van der Waals surface area contributed by atoms with Crippen molar-refractivity contribution >= 4 is 39.4 Å². The second kappa shape index (κ2) is 13.6. The summed E-state index contributed by atoms with van der Waals surface area (Å²) in [6.45, 7) is 2.24. The molecule has 1 N–H and O–H groups in total. The molecule has 40 heavy (non-hydrogen) atoms. The van der Waals surface area contributed by atoms with Gasteiger partial charge in [-0.3, -0.25) is 9.10 Å². The Hall–Kier alpha value is -4.34. The number of rotatable bonds is 12. The number of sulfonamides is 1. The van der Waals surface area contributed by atoms with E-state index in [9.17, 15) is 13.2 Å². The lowest BCUT2D eigenvalue weighted by Gasteiger charge is -2.24. The van der Waals surface area contributed by atoms with Crippen LogP contribution >= 0.6 is 11.6 Å². The molecule has 206 valence electrons.